The number of Topliss-reactive ketones (excluding diaryl/α,β-unsaturated/α-hetero) is 1. The van der Waals surface area contributed by atoms with Gasteiger partial charge in [0.15, 0.2) is 34.9 Å². The highest BCUT2D eigenvalue weighted by Crippen LogP contribution is 2.23. The molecule has 0 fully saturated rings. The van der Waals surface area contributed by atoms with Crippen LogP contribution in [0, 0.1) is 0 Å². The topological polar surface area (TPSA) is 541 Å². The number of carbonyl (C=O) groups is 15. The van der Waals surface area contributed by atoms with Crippen molar-refractivity contribution in [1.29, 1.82) is 0 Å². The van der Waals surface area contributed by atoms with Crippen molar-refractivity contribution in [3.8, 4) is 0 Å². The van der Waals surface area contributed by atoms with Gasteiger partial charge in [0.25, 0.3) is 53.2 Å². The lowest BCUT2D eigenvalue weighted by Gasteiger charge is -2.10. The van der Waals surface area contributed by atoms with Gasteiger partial charge in [0, 0.05) is 204 Å². The Morgan fingerprint density at radius 3 is 0.975 bits per heavy atom. The third kappa shape index (κ3) is 23.5. The number of ketones is 1. The van der Waals surface area contributed by atoms with E-state index in [0.29, 0.717) is 23.5 Å². The molecule has 0 saturated carbocycles. The molecule has 10 heterocycles. The molecule has 0 unspecified atom stereocenters. The molecular formula is C76H94N30O15. The van der Waals surface area contributed by atoms with Gasteiger partial charge >= 0.3 is 0 Å². The van der Waals surface area contributed by atoms with Crippen molar-refractivity contribution >= 4 is 140 Å². The molecule has 10 aromatic rings. The van der Waals surface area contributed by atoms with Crippen molar-refractivity contribution < 1.29 is 71.9 Å². The second-order valence-electron chi connectivity index (χ2n) is 28.6. The second-order valence-corrected chi connectivity index (χ2v) is 28.6. The van der Waals surface area contributed by atoms with Crippen LogP contribution in [0.1, 0.15) is 157 Å². The van der Waals surface area contributed by atoms with E-state index >= 15 is 0 Å². The maximum atomic E-state index is 13.6. The minimum atomic E-state index is -0.727. The van der Waals surface area contributed by atoms with Crippen LogP contribution in [0.4, 0.5) is 51.8 Å². The Balaban J connectivity index is 0.598. The van der Waals surface area contributed by atoms with Crippen LogP contribution in [0.2, 0.25) is 0 Å². The van der Waals surface area contributed by atoms with Crippen LogP contribution >= 0.6 is 0 Å². The summed E-state index contributed by atoms with van der Waals surface area (Å²) in [6.07, 6.45) is 15.5. The molecule has 0 aromatic carbocycles. The number of rotatable bonds is 38. The third-order valence-corrected chi connectivity index (χ3v) is 18.3. The predicted octanol–water partition coefficient (Wildman–Crippen LogP) is 1.55. The molecule has 0 radical (unpaired) electrons. The van der Waals surface area contributed by atoms with Gasteiger partial charge in [-0.05, 0) is 69.4 Å². The Hall–Kier alpha value is -15.3. The summed E-state index contributed by atoms with van der Waals surface area (Å²) >= 11 is 0. The maximum Gasteiger partial charge on any atom is 0.292 e. The lowest BCUT2D eigenvalue weighted by Crippen LogP contribution is -2.32. The first-order valence-electron chi connectivity index (χ1n) is 37.7. The van der Waals surface area contributed by atoms with Crippen LogP contribution in [-0.2, 0) is 101 Å². The molecule has 0 atom stereocenters. The van der Waals surface area contributed by atoms with E-state index in [-0.39, 0.29) is 180 Å². The molecule has 14 N–H and O–H groups in total. The van der Waals surface area contributed by atoms with Crippen LogP contribution in [0.5, 0.6) is 0 Å². The van der Waals surface area contributed by atoms with Crippen molar-refractivity contribution in [2.75, 3.05) is 101 Å². The normalized spacial score (nSPS) is 11.0. The minimum absolute atomic E-state index is 0.0144. The van der Waals surface area contributed by atoms with E-state index in [1.54, 1.807) is 66.2 Å². The number of nitrogens with one attached hydrogen (secondary N) is 14. The summed E-state index contributed by atoms with van der Waals surface area (Å²) in [5.41, 5.74) is 2.51. The fourth-order valence-electron chi connectivity index (χ4n) is 12.5. The first-order chi connectivity index (χ1) is 57.4. The van der Waals surface area contributed by atoms with Crippen LogP contribution in [0.25, 0.3) is 0 Å². The fraction of sp³-hybridized carbons (Fsp3) is 0.342. The number of anilines is 9. The monoisotopic (exact) mass is 1670 g/mol. The lowest BCUT2D eigenvalue weighted by molar-refractivity contribution is -0.121. The molecule has 0 aliphatic carbocycles. The Bertz CT molecular complexity index is 5680. The van der Waals surface area contributed by atoms with Crippen LogP contribution in [-0.4, -0.2) is 217 Å². The molecule has 638 valence electrons. The molecule has 0 aliphatic rings. The summed E-state index contributed by atoms with van der Waals surface area (Å²) in [6, 6.07) is 7.33. The van der Waals surface area contributed by atoms with E-state index in [2.05, 4.69) is 99.4 Å². The van der Waals surface area contributed by atoms with Crippen molar-refractivity contribution in [3.63, 3.8) is 0 Å². The van der Waals surface area contributed by atoms with Gasteiger partial charge in [-0.1, -0.05) is 0 Å². The van der Waals surface area contributed by atoms with Crippen molar-refractivity contribution in [3.05, 3.63) is 155 Å². The molecule has 0 spiro atoms. The molecule has 45 heteroatoms. The van der Waals surface area contributed by atoms with Crippen LogP contribution in [0.3, 0.4) is 0 Å². The third-order valence-electron chi connectivity index (χ3n) is 18.3. The minimum Gasteiger partial charge on any atom is -0.356 e. The van der Waals surface area contributed by atoms with Gasteiger partial charge < -0.3 is 125 Å². The lowest BCUT2D eigenvalue weighted by atomic mass is 10.1. The zero-order valence-corrected chi connectivity index (χ0v) is 68.6. The quantitative estimate of drug-likeness (QED) is 0.0193. The van der Waals surface area contributed by atoms with Gasteiger partial charge in [0.1, 0.15) is 28.5 Å². The van der Waals surface area contributed by atoms with Gasteiger partial charge in [0.05, 0.1) is 22.7 Å². The molecule has 14 amide bonds. The number of aryl methyl sites for hydroxylation is 10. The summed E-state index contributed by atoms with van der Waals surface area (Å²) in [5.74, 6) is -7.52. The SMILES string of the molecule is CC(=O)Nc1cn(C)c(C(=O)Nc2cc(C(=O)NCCC(=O)Nc3cn(C)c(C(=O)Nc4cc(C(=O)Nc5cc(C(=O)NCCCC(=O)Nc6cn(C)c(C(=O)Nc7cn(C)c(C(=O)Nc8cc(C(=O)NCCC(=O)Nc9cn(C)c(C(=O)Cc%10cc(C(=O)NCCC(=O)NCCCN(C)C)n(C)c%10)n9)n(C)c8)n7)n6)n(C)c5)n(C)c4)n3)n(C)c2)n1. The molecular weight excluding hydrogens is 1570 g/mol. The largest absolute Gasteiger partial charge is 0.356 e. The predicted molar refractivity (Wildman–Crippen MR) is 440 cm³/mol. The fourth-order valence-corrected chi connectivity index (χ4v) is 12.5. The average Bonchev–Trinajstić information content (AvgIpc) is 1.68. The average molecular weight is 1670 g/mol. The molecule has 0 saturated heterocycles. The molecule has 45 nitrogen and oxygen atoms in total. The van der Waals surface area contributed by atoms with Gasteiger partial charge in [-0.15, -0.1) is 0 Å². The van der Waals surface area contributed by atoms with Crippen molar-refractivity contribution in [2.45, 2.75) is 51.9 Å². The highest BCUT2D eigenvalue weighted by atomic mass is 16.2. The van der Waals surface area contributed by atoms with Gasteiger partial charge in [-0.2, -0.15) is 0 Å². The highest BCUT2D eigenvalue weighted by molar-refractivity contribution is 6.09. The number of nitrogens with zero attached hydrogens (tertiary/aromatic N) is 16. The highest BCUT2D eigenvalue weighted by Gasteiger charge is 2.27. The van der Waals surface area contributed by atoms with Gasteiger partial charge in [-0.3, -0.25) is 71.9 Å². The molecule has 121 heavy (non-hydrogen) atoms. The Morgan fingerprint density at radius 1 is 0.289 bits per heavy atom. The summed E-state index contributed by atoms with van der Waals surface area (Å²) in [6.45, 7) is 2.72. The number of hydrogen-bond acceptors (Lipinski definition) is 21. The van der Waals surface area contributed by atoms with Gasteiger partial charge in [-0.25, -0.2) is 24.9 Å². The Morgan fingerprint density at radius 2 is 0.587 bits per heavy atom. The first-order valence-corrected chi connectivity index (χ1v) is 37.7. The number of imidazole rings is 5. The molecule has 0 bridgehead atoms. The van der Waals surface area contributed by atoms with Crippen molar-refractivity contribution in [1.82, 2.24) is 102 Å². The second kappa shape index (κ2) is 39.1. The summed E-state index contributed by atoms with van der Waals surface area (Å²) in [7, 11) is 19.7. The van der Waals surface area contributed by atoms with E-state index in [9.17, 15) is 71.9 Å². The zero-order chi connectivity index (χ0) is 87.8. The van der Waals surface area contributed by atoms with E-state index in [1.807, 2.05) is 19.0 Å². The molecule has 10 aromatic heterocycles. The Kier molecular flexibility index (Phi) is 28.4. The van der Waals surface area contributed by atoms with Crippen molar-refractivity contribution in [2.24, 2.45) is 70.5 Å². The molecule has 10 rings (SSSR count). The van der Waals surface area contributed by atoms with E-state index in [0.717, 1.165) is 13.0 Å². The van der Waals surface area contributed by atoms with E-state index in [1.165, 1.54) is 149 Å². The standard InChI is InChI=1S/C76H94N30O15/c1-42(107)82-54-37-103(10)64(91-54)73(118)84-45-29-50(99(6)34-45)71(116)81-24-19-62(112)89-57-40-104(11)65(92-57)74(119)86-47-31-52(101(8)36-47)72(117)83-44-28-49(98(5)33-44)69(114)78-20-14-16-60(110)87-56-39-105(12)67(93-56)76(121)95-58-41-106(13)66(94-58)75(120)85-46-30-51(100(7)35-46)70(115)80-23-18-61(111)88-55-38-102(9)63(90-55)53(108)27-43-26-48(97(4)32-43)68(113)79-22-17-59(109)77-21-15-25-96(2)3/h26,28-41H,14-25,27H2,1-13H3,(H,77,109)(H,78,114)(H,79,113)(H,80,115)(H,81,116)(H,82,107)(H,83,117)(H,84,118)(H,85,120)(H,86,119)(H,87,110)(H,88,111)(H,89,112)(H,95,121). The summed E-state index contributed by atoms with van der Waals surface area (Å²) in [5, 5.41) is 37.4. The van der Waals surface area contributed by atoms with E-state index in [4.69, 9.17) is 0 Å². The van der Waals surface area contributed by atoms with Crippen LogP contribution in [0.15, 0.2) is 92.3 Å². The maximum absolute atomic E-state index is 13.6. The zero-order valence-electron chi connectivity index (χ0n) is 68.6. The molecule has 0 aliphatic heterocycles. The Labute approximate surface area is 690 Å². The number of hydrogen-bond donors (Lipinski definition) is 14. The number of carbonyl (C=O) groups excluding carboxylic acids is 15. The van der Waals surface area contributed by atoms with E-state index < -0.39 is 70.9 Å². The summed E-state index contributed by atoms with van der Waals surface area (Å²) < 4.78 is 14.5. The van der Waals surface area contributed by atoms with Gasteiger partial charge in [0.2, 0.25) is 58.6 Å². The smallest absolute Gasteiger partial charge is 0.292 e. The summed E-state index contributed by atoms with van der Waals surface area (Å²) in [4.78, 5) is 219. The number of amides is 14. The number of aromatic nitrogens is 15. The van der Waals surface area contributed by atoms with Crippen LogP contribution < -0.4 is 74.4 Å². The first kappa shape index (κ1) is 88.0.